The number of aliphatic hydroxyl groups excluding tert-OH is 1. The van der Waals surface area contributed by atoms with Crippen molar-refractivity contribution in [3.8, 4) is 0 Å². The Kier molecular flexibility index (Phi) is 21.3. The number of unbranched alkanes of at least 4 members (excludes halogenated alkanes) is 12. The zero-order valence-electron chi connectivity index (χ0n) is 17.0. The topological polar surface area (TPSA) is 58.3 Å². The quantitative estimate of drug-likeness (QED) is 0.205. The molecule has 0 saturated carbocycles. The van der Waals surface area contributed by atoms with Crippen LogP contribution >= 0.6 is 0 Å². The number of aliphatic hydroxyl groups is 1. The lowest BCUT2D eigenvalue weighted by Gasteiger charge is -2.11. The van der Waals surface area contributed by atoms with Crippen LogP contribution in [0.1, 0.15) is 103 Å². The molecule has 1 unspecified atom stereocenters. The van der Waals surface area contributed by atoms with E-state index in [1.54, 1.807) is 0 Å². The molecule has 3 nitrogen and oxygen atoms in total. The Balaban J connectivity index is 3.14. The Hall–Kier alpha value is -0.380. The summed E-state index contributed by atoms with van der Waals surface area (Å²) in [6.45, 7) is 3.95. The third-order valence-electron chi connectivity index (χ3n) is 4.78. The van der Waals surface area contributed by atoms with Crippen LogP contribution in [0.4, 0.5) is 0 Å². The van der Waals surface area contributed by atoms with Gasteiger partial charge in [-0.25, -0.2) is 0 Å². The van der Waals surface area contributed by atoms with Gasteiger partial charge in [0.25, 0.3) is 0 Å². The molecule has 0 amide bonds. The van der Waals surface area contributed by atoms with E-state index in [4.69, 9.17) is 10.8 Å². The second kappa shape index (κ2) is 21.7. The van der Waals surface area contributed by atoms with Crippen molar-refractivity contribution >= 4 is 0 Å². The van der Waals surface area contributed by atoms with Gasteiger partial charge in [-0.1, -0.05) is 83.3 Å². The summed E-state index contributed by atoms with van der Waals surface area (Å²) in [5.41, 5.74) is 6.02. The highest BCUT2D eigenvalue weighted by Gasteiger charge is 2.01. The Labute approximate surface area is 157 Å². The molecule has 25 heavy (non-hydrogen) atoms. The van der Waals surface area contributed by atoms with Crippen LogP contribution in [-0.4, -0.2) is 30.8 Å². The Morgan fingerprint density at radius 3 is 1.88 bits per heavy atom. The molecule has 0 spiro atoms. The van der Waals surface area contributed by atoms with E-state index in [1.807, 2.05) is 0 Å². The summed E-state index contributed by atoms with van der Waals surface area (Å²) in [5.74, 6) is 0. The summed E-state index contributed by atoms with van der Waals surface area (Å²) >= 11 is 0. The van der Waals surface area contributed by atoms with Crippen LogP contribution in [0.25, 0.3) is 0 Å². The molecule has 0 fully saturated rings. The summed E-state index contributed by atoms with van der Waals surface area (Å²) in [6, 6.07) is 0.239. The highest BCUT2D eigenvalue weighted by atomic mass is 16.3. The number of allylic oxidation sites excluding steroid dienone is 2. The zero-order chi connectivity index (χ0) is 18.4. The van der Waals surface area contributed by atoms with Crippen molar-refractivity contribution in [2.75, 3.05) is 19.7 Å². The number of hydrogen-bond acceptors (Lipinski definition) is 3. The first-order valence-corrected chi connectivity index (χ1v) is 11.0. The summed E-state index contributed by atoms with van der Waals surface area (Å²) in [7, 11) is 0. The number of nitrogens with two attached hydrogens (primary N) is 1. The van der Waals surface area contributed by atoms with E-state index in [-0.39, 0.29) is 12.6 Å². The number of hydrogen-bond donors (Lipinski definition) is 3. The van der Waals surface area contributed by atoms with Gasteiger partial charge in [0, 0.05) is 19.1 Å². The molecule has 0 aromatic carbocycles. The van der Waals surface area contributed by atoms with E-state index in [0.717, 1.165) is 13.0 Å². The van der Waals surface area contributed by atoms with Crippen LogP contribution in [0, 0.1) is 0 Å². The molecule has 1 atom stereocenters. The normalized spacial score (nSPS) is 12.9. The highest BCUT2D eigenvalue weighted by Crippen LogP contribution is 2.11. The van der Waals surface area contributed by atoms with Gasteiger partial charge in [-0.3, -0.25) is 0 Å². The molecule has 0 saturated heterocycles. The molecule has 0 rings (SSSR count). The fourth-order valence-corrected chi connectivity index (χ4v) is 3.12. The molecule has 0 aromatic rings. The molecule has 0 bridgehead atoms. The molecule has 0 radical (unpaired) electrons. The first kappa shape index (κ1) is 24.6. The Morgan fingerprint density at radius 1 is 0.800 bits per heavy atom. The SMILES string of the molecule is CCCCCCCCC=CCCCCCCCCC(N)CNCCO. The smallest absolute Gasteiger partial charge is 0.0555 e. The van der Waals surface area contributed by atoms with Crippen LogP contribution in [-0.2, 0) is 0 Å². The lowest BCUT2D eigenvalue weighted by atomic mass is 10.0. The van der Waals surface area contributed by atoms with Crippen molar-refractivity contribution in [3.63, 3.8) is 0 Å². The van der Waals surface area contributed by atoms with E-state index < -0.39 is 0 Å². The highest BCUT2D eigenvalue weighted by molar-refractivity contribution is 4.81. The third kappa shape index (κ3) is 21.6. The van der Waals surface area contributed by atoms with Gasteiger partial charge in [0.1, 0.15) is 0 Å². The molecule has 0 heterocycles. The molecule has 0 aromatic heterocycles. The zero-order valence-corrected chi connectivity index (χ0v) is 17.0. The summed E-state index contributed by atoms with van der Waals surface area (Å²) in [5, 5.41) is 11.9. The minimum atomic E-state index is 0.195. The summed E-state index contributed by atoms with van der Waals surface area (Å²) < 4.78 is 0. The molecule has 0 aliphatic heterocycles. The van der Waals surface area contributed by atoms with Crippen LogP contribution < -0.4 is 11.1 Å². The maximum absolute atomic E-state index is 8.70. The van der Waals surface area contributed by atoms with E-state index in [2.05, 4.69) is 24.4 Å². The van der Waals surface area contributed by atoms with Gasteiger partial charge in [-0.2, -0.15) is 0 Å². The van der Waals surface area contributed by atoms with Gasteiger partial charge in [0.15, 0.2) is 0 Å². The van der Waals surface area contributed by atoms with Crippen molar-refractivity contribution in [1.29, 1.82) is 0 Å². The van der Waals surface area contributed by atoms with E-state index in [0.29, 0.717) is 6.54 Å². The monoisotopic (exact) mass is 354 g/mol. The number of nitrogens with one attached hydrogen (secondary N) is 1. The van der Waals surface area contributed by atoms with Gasteiger partial charge >= 0.3 is 0 Å². The van der Waals surface area contributed by atoms with E-state index >= 15 is 0 Å². The van der Waals surface area contributed by atoms with Gasteiger partial charge in [-0.05, 0) is 32.1 Å². The fraction of sp³-hybridized carbons (Fsp3) is 0.909. The largest absolute Gasteiger partial charge is 0.395 e. The van der Waals surface area contributed by atoms with Crippen molar-refractivity contribution in [2.45, 2.75) is 109 Å². The van der Waals surface area contributed by atoms with Gasteiger partial charge in [0.05, 0.1) is 6.61 Å². The fourth-order valence-electron chi connectivity index (χ4n) is 3.12. The predicted octanol–water partition coefficient (Wildman–Crippen LogP) is 5.32. The molecular formula is C22H46N2O. The molecule has 0 aliphatic rings. The molecule has 150 valence electrons. The predicted molar refractivity (Wildman–Crippen MR) is 112 cm³/mol. The standard InChI is InChI=1S/C22H46N2O/c1-2-3-4-5-6-7-8-9-10-11-12-13-14-15-16-17-18-22(23)21-24-19-20-25/h9-10,22,24-25H,2-8,11-21,23H2,1H3. The average Bonchev–Trinajstić information content (AvgIpc) is 2.61. The second-order valence-electron chi connectivity index (χ2n) is 7.41. The lowest BCUT2D eigenvalue weighted by molar-refractivity contribution is 0.290. The minimum Gasteiger partial charge on any atom is -0.395 e. The first-order chi connectivity index (χ1) is 12.3. The van der Waals surface area contributed by atoms with Crippen molar-refractivity contribution in [2.24, 2.45) is 5.73 Å². The average molecular weight is 355 g/mol. The van der Waals surface area contributed by atoms with Gasteiger partial charge in [-0.15, -0.1) is 0 Å². The maximum atomic E-state index is 8.70. The van der Waals surface area contributed by atoms with Crippen molar-refractivity contribution < 1.29 is 5.11 Å². The minimum absolute atomic E-state index is 0.195. The second-order valence-corrected chi connectivity index (χ2v) is 7.41. The molecule has 0 aliphatic carbocycles. The lowest BCUT2D eigenvalue weighted by Crippen LogP contribution is -2.35. The molecular weight excluding hydrogens is 308 g/mol. The van der Waals surface area contributed by atoms with E-state index in [9.17, 15) is 0 Å². The maximum Gasteiger partial charge on any atom is 0.0555 e. The van der Waals surface area contributed by atoms with Gasteiger partial charge < -0.3 is 16.2 Å². The Morgan fingerprint density at radius 2 is 1.32 bits per heavy atom. The van der Waals surface area contributed by atoms with Crippen LogP contribution in [0.2, 0.25) is 0 Å². The molecule has 4 N–H and O–H groups in total. The first-order valence-electron chi connectivity index (χ1n) is 11.0. The van der Waals surface area contributed by atoms with Crippen LogP contribution in [0.3, 0.4) is 0 Å². The van der Waals surface area contributed by atoms with Crippen molar-refractivity contribution in [1.82, 2.24) is 5.32 Å². The van der Waals surface area contributed by atoms with Crippen molar-refractivity contribution in [3.05, 3.63) is 12.2 Å². The van der Waals surface area contributed by atoms with Gasteiger partial charge in [0.2, 0.25) is 0 Å². The molecule has 3 heteroatoms. The third-order valence-corrected chi connectivity index (χ3v) is 4.78. The Bertz CT molecular complexity index is 269. The summed E-state index contributed by atoms with van der Waals surface area (Å²) in [6.07, 6.45) is 24.8. The summed E-state index contributed by atoms with van der Waals surface area (Å²) in [4.78, 5) is 0. The van der Waals surface area contributed by atoms with Crippen LogP contribution in [0.5, 0.6) is 0 Å². The van der Waals surface area contributed by atoms with E-state index in [1.165, 1.54) is 89.9 Å². The van der Waals surface area contributed by atoms with Crippen LogP contribution in [0.15, 0.2) is 12.2 Å². The number of rotatable bonds is 20.